The van der Waals surface area contributed by atoms with Gasteiger partial charge in [0, 0.05) is 0 Å². The highest BCUT2D eigenvalue weighted by molar-refractivity contribution is 4.88. The summed E-state index contributed by atoms with van der Waals surface area (Å²) in [6.07, 6.45) is 2.53. The summed E-state index contributed by atoms with van der Waals surface area (Å²) in [7, 11) is 0. The third kappa shape index (κ3) is 22.6. The summed E-state index contributed by atoms with van der Waals surface area (Å²) in [6, 6.07) is 0. The molecule has 0 aliphatic rings. The van der Waals surface area contributed by atoms with Crippen molar-refractivity contribution in [2.24, 2.45) is 17.8 Å². The molecule has 0 rings (SSSR count). The zero-order chi connectivity index (χ0) is 11.7. The van der Waals surface area contributed by atoms with E-state index in [4.69, 9.17) is 0 Å². The molecule has 0 aliphatic carbocycles. The summed E-state index contributed by atoms with van der Waals surface area (Å²) in [6.45, 7) is 19.3. The van der Waals surface area contributed by atoms with Crippen LogP contribution >= 0.6 is 0 Å². The number of allylic oxidation sites excluding steroid dienone is 1. The fourth-order valence-electron chi connectivity index (χ4n) is 1.64. The highest BCUT2D eigenvalue weighted by atomic mass is 14.0. The maximum Gasteiger partial charge on any atom is -0.0303 e. The molecule has 0 aromatic carbocycles. The summed E-state index contributed by atoms with van der Waals surface area (Å²) >= 11 is 0. The van der Waals surface area contributed by atoms with Crippen molar-refractivity contribution in [2.45, 2.75) is 61.3 Å². The van der Waals surface area contributed by atoms with Crippen LogP contribution in [0.1, 0.15) is 61.3 Å². The molecule has 0 saturated heterocycles. The van der Waals surface area contributed by atoms with Gasteiger partial charge in [0.1, 0.15) is 0 Å². The zero-order valence-electron chi connectivity index (χ0n) is 11.4. The van der Waals surface area contributed by atoms with Crippen LogP contribution in [0.3, 0.4) is 0 Å². The topological polar surface area (TPSA) is 0 Å². The number of hydrogen-bond acceptors (Lipinski definition) is 0. The van der Waals surface area contributed by atoms with E-state index >= 15 is 0 Å². The van der Waals surface area contributed by atoms with Gasteiger partial charge in [0.25, 0.3) is 0 Å². The van der Waals surface area contributed by atoms with Crippen LogP contribution in [-0.2, 0) is 0 Å². The standard InChI is InChI=1S/C7H16.C7H14/c2*1-6(2)5-7(3)4/h6-7H,5H2,1-4H3;7H,1,5H2,2-4H3. The van der Waals surface area contributed by atoms with Gasteiger partial charge in [-0.3, -0.25) is 0 Å². The second-order valence-corrected chi connectivity index (χ2v) is 5.58. The van der Waals surface area contributed by atoms with Gasteiger partial charge in [-0.2, -0.15) is 0 Å². The first-order valence-electron chi connectivity index (χ1n) is 5.90. The van der Waals surface area contributed by atoms with Gasteiger partial charge in [-0.05, 0) is 37.5 Å². The lowest BCUT2D eigenvalue weighted by atomic mass is 10.0. The van der Waals surface area contributed by atoms with Crippen LogP contribution in [0.5, 0.6) is 0 Å². The molecule has 0 bridgehead atoms. The van der Waals surface area contributed by atoms with E-state index < -0.39 is 0 Å². The Balaban J connectivity index is 0. The molecule has 0 aliphatic heterocycles. The Labute approximate surface area is 91.8 Å². The Morgan fingerprint density at radius 3 is 1.21 bits per heavy atom. The minimum Gasteiger partial charge on any atom is -0.100 e. The first kappa shape index (κ1) is 16.2. The lowest BCUT2D eigenvalue weighted by Crippen LogP contribution is -1.93. The molecular formula is C14H30. The number of hydrogen-bond donors (Lipinski definition) is 0. The molecule has 0 spiro atoms. The predicted octanol–water partition coefficient (Wildman–Crippen LogP) is 5.30. The predicted molar refractivity (Wildman–Crippen MR) is 68.6 cm³/mol. The van der Waals surface area contributed by atoms with E-state index in [0.717, 1.165) is 17.8 Å². The van der Waals surface area contributed by atoms with Crippen molar-refractivity contribution in [2.75, 3.05) is 0 Å². The highest BCUT2D eigenvalue weighted by Crippen LogP contribution is 2.08. The molecule has 0 saturated carbocycles. The highest BCUT2D eigenvalue weighted by Gasteiger charge is 1.95. The van der Waals surface area contributed by atoms with Crippen LogP contribution in [0, 0.1) is 17.8 Å². The van der Waals surface area contributed by atoms with Crippen LogP contribution in [0.25, 0.3) is 0 Å². The van der Waals surface area contributed by atoms with Gasteiger partial charge in [0.2, 0.25) is 0 Å². The Kier molecular flexibility index (Phi) is 10.7. The van der Waals surface area contributed by atoms with Crippen LogP contribution in [0.4, 0.5) is 0 Å². The molecule has 0 heterocycles. The minimum atomic E-state index is 0.775. The third-order valence-corrected chi connectivity index (χ3v) is 1.70. The van der Waals surface area contributed by atoms with Crippen molar-refractivity contribution < 1.29 is 0 Å². The summed E-state index contributed by atoms with van der Waals surface area (Å²) in [5, 5.41) is 0. The monoisotopic (exact) mass is 198 g/mol. The molecule has 0 amide bonds. The van der Waals surface area contributed by atoms with Crippen molar-refractivity contribution >= 4 is 0 Å². The van der Waals surface area contributed by atoms with Gasteiger partial charge >= 0.3 is 0 Å². The summed E-state index contributed by atoms with van der Waals surface area (Å²) in [5.74, 6) is 2.53. The normalized spacial score (nSPS) is 10.4. The van der Waals surface area contributed by atoms with E-state index in [-0.39, 0.29) is 0 Å². The second-order valence-electron chi connectivity index (χ2n) is 5.58. The lowest BCUT2D eigenvalue weighted by Gasteiger charge is -2.05. The first-order chi connectivity index (χ1) is 6.25. The first-order valence-corrected chi connectivity index (χ1v) is 5.90. The zero-order valence-corrected chi connectivity index (χ0v) is 11.4. The minimum absolute atomic E-state index is 0.775. The largest absolute Gasteiger partial charge is 0.100 e. The average molecular weight is 198 g/mol. The summed E-state index contributed by atoms with van der Waals surface area (Å²) in [4.78, 5) is 0. The molecular weight excluding hydrogens is 168 g/mol. The molecule has 0 unspecified atom stereocenters. The fourth-order valence-corrected chi connectivity index (χ4v) is 1.64. The Morgan fingerprint density at radius 1 is 0.857 bits per heavy atom. The Morgan fingerprint density at radius 2 is 1.21 bits per heavy atom. The molecule has 0 N–H and O–H groups in total. The smallest absolute Gasteiger partial charge is 0.0303 e. The molecule has 0 fully saturated rings. The van der Waals surface area contributed by atoms with E-state index in [1.54, 1.807) is 0 Å². The quantitative estimate of drug-likeness (QED) is 0.538. The molecule has 86 valence electrons. The molecule has 0 aromatic heterocycles. The van der Waals surface area contributed by atoms with E-state index in [9.17, 15) is 0 Å². The molecule has 0 aromatic rings. The maximum atomic E-state index is 3.80. The van der Waals surface area contributed by atoms with Crippen LogP contribution in [0.15, 0.2) is 12.2 Å². The molecule has 0 radical (unpaired) electrons. The fraction of sp³-hybridized carbons (Fsp3) is 0.857. The molecule has 0 atom stereocenters. The second kappa shape index (κ2) is 9.30. The van der Waals surface area contributed by atoms with Gasteiger partial charge in [0.05, 0.1) is 0 Å². The molecule has 14 heavy (non-hydrogen) atoms. The SMILES string of the molecule is C=C(C)CC(C)C.CC(C)CC(C)C. The average Bonchev–Trinajstić information content (AvgIpc) is 1.79. The lowest BCUT2D eigenvalue weighted by molar-refractivity contribution is 0.469. The Bertz CT molecular complexity index is 123. The number of rotatable bonds is 4. The van der Waals surface area contributed by atoms with Crippen molar-refractivity contribution in [1.29, 1.82) is 0 Å². The van der Waals surface area contributed by atoms with Gasteiger partial charge < -0.3 is 0 Å². The van der Waals surface area contributed by atoms with E-state index in [0.29, 0.717) is 0 Å². The van der Waals surface area contributed by atoms with Gasteiger partial charge in [-0.25, -0.2) is 0 Å². The van der Waals surface area contributed by atoms with Crippen LogP contribution in [0.2, 0.25) is 0 Å². The van der Waals surface area contributed by atoms with E-state index in [1.807, 2.05) is 0 Å². The van der Waals surface area contributed by atoms with Gasteiger partial charge in [0.15, 0.2) is 0 Å². The summed E-state index contributed by atoms with van der Waals surface area (Å²) in [5.41, 5.74) is 1.29. The van der Waals surface area contributed by atoms with Crippen molar-refractivity contribution in [3.05, 3.63) is 12.2 Å². The van der Waals surface area contributed by atoms with Gasteiger partial charge in [-0.15, -0.1) is 6.58 Å². The van der Waals surface area contributed by atoms with Gasteiger partial charge in [-0.1, -0.05) is 47.1 Å². The Hall–Kier alpha value is -0.260. The molecule has 0 nitrogen and oxygen atoms in total. The van der Waals surface area contributed by atoms with E-state index in [1.165, 1.54) is 18.4 Å². The van der Waals surface area contributed by atoms with Crippen LogP contribution in [-0.4, -0.2) is 0 Å². The third-order valence-electron chi connectivity index (χ3n) is 1.70. The van der Waals surface area contributed by atoms with E-state index in [2.05, 4.69) is 55.0 Å². The maximum absolute atomic E-state index is 3.80. The van der Waals surface area contributed by atoms with Crippen molar-refractivity contribution in [3.8, 4) is 0 Å². The summed E-state index contributed by atoms with van der Waals surface area (Å²) < 4.78 is 0. The molecule has 0 heteroatoms. The van der Waals surface area contributed by atoms with Crippen molar-refractivity contribution in [1.82, 2.24) is 0 Å². The van der Waals surface area contributed by atoms with Crippen molar-refractivity contribution in [3.63, 3.8) is 0 Å². The van der Waals surface area contributed by atoms with Crippen LogP contribution < -0.4 is 0 Å².